The molecule has 0 unspecified atom stereocenters. The summed E-state index contributed by atoms with van der Waals surface area (Å²) in [7, 11) is 6.38. The van der Waals surface area contributed by atoms with Gasteiger partial charge in [-0.3, -0.25) is 9.59 Å². The molecule has 0 atom stereocenters. The van der Waals surface area contributed by atoms with Crippen molar-refractivity contribution in [2.24, 2.45) is 0 Å². The second-order valence-electron chi connectivity index (χ2n) is 13.9. The molecule has 0 spiro atoms. The normalized spacial score (nSPS) is 13.6. The Labute approximate surface area is 303 Å². The number of hydrogen-bond acceptors (Lipinski definition) is 8. The van der Waals surface area contributed by atoms with Gasteiger partial charge in [-0.2, -0.15) is 5.10 Å². The summed E-state index contributed by atoms with van der Waals surface area (Å²) in [6.07, 6.45) is 5.10. The summed E-state index contributed by atoms with van der Waals surface area (Å²) < 4.78 is 7.48. The van der Waals surface area contributed by atoms with Gasteiger partial charge in [0.2, 0.25) is 11.8 Å². The van der Waals surface area contributed by atoms with Crippen LogP contribution in [0.4, 0.5) is 5.69 Å². The maximum atomic E-state index is 13.1. The van der Waals surface area contributed by atoms with Crippen LogP contribution in [-0.4, -0.2) is 96.4 Å². The number of anilines is 1. The molecule has 1 aliphatic heterocycles. The van der Waals surface area contributed by atoms with Crippen molar-refractivity contribution in [3.05, 3.63) is 76.6 Å². The number of likely N-dealkylation sites (N-methyl/N-ethyl adjacent to an activating group) is 2. The highest BCUT2D eigenvalue weighted by Gasteiger charge is 2.22. The van der Waals surface area contributed by atoms with Gasteiger partial charge in [0.05, 0.1) is 17.3 Å². The average molecular weight is 697 g/mol. The third-order valence-electron chi connectivity index (χ3n) is 9.70. The lowest BCUT2D eigenvalue weighted by atomic mass is 9.96. The second kappa shape index (κ2) is 18.3. The number of nitrogens with one attached hydrogen (secondary N) is 3. The zero-order chi connectivity index (χ0) is 36.3. The Balaban J connectivity index is 1.19. The molecule has 274 valence electrons. The minimum absolute atomic E-state index is 0.253. The molecule has 3 heterocycles. The molecule has 0 bridgehead atoms. The van der Waals surface area contributed by atoms with Gasteiger partial charge >= 0.3 is 0 Å². The highest BCUT2D eigenvalue weighted by molar-refractivity contribution is 5.97. The minimum atomic E-state index is -0.329. The Morgan fingerprint density at radius 1 is 0.941 bits per heavy atom. The van der Waals surface area contributed by atoms with E-state index in [9.17, 15) is 9.59 Å². The van der Waals surface area contributed by atoms with Crippen molar-refractivity contribution in [1.82, 2.24) is 35.2 Å². The molecular formula is C40H56N8O3. The summed E-state index contributed by atoms with van der Waals surface area (Å²) in [5.41, 5.74) is 9.43. The molecule has 3 N–H and O–H groups in total. The van der Waals surface area contributed by atoms with Crippen LogP contribution in [0.3, 0.4) is 0 Å². The number of nitrogens with zero attached hydrogens (tertiary/aromatic N) is 5. The van der Waals surface area contributed by atoms with E-state index in [1.54, 1.807) is 0 Å². The maximum Gasteiger partial charge on any atom is 0.229 e. The molecule has 0 aliphatic carbocycles. The van der Waals surface area contributed by atoms with Gasteiger partial charge in [0.15, 0.2) is 5.65 Å². The fourth-order valence-corrected chi connectivity index (χ4v) is 6.55. The van der Waals surface area contributed by atoms with Crippen LogP contribution in [0, 0.1) is 6.92 Å². The highest BCUT2D eigenvalue weighted by atomic mass is 16.5. The molecule has 11 heteroatoms. The van der Waals surface area contributed by atoms with Gasteiger partial charge in [-0.1, -0.05) is 43.3 Å². The van der Waals surface area contributed by atoms with E-state index in [2.05, 4.69) is 109 Å². The Morgan fingerprint density at radius 3 is 2.43 bits per heavy atom. The average Bonchev–Trinajstić information content (AvgIpc) is 3.55. The number of rotatable bonds is 17. The van der Waals surface area contributed by atoms with Crippen molar-refractivity contribution in [3.8, 4) is 11.1 Å². The fourth-order valence-electron chi connectivity index (χ4n) is 6.55. The highest BCUT2D eigenvalue weighted by Crippen LogP contribution is 2.31. The lowest BCUT2D eigenvalue weighted by Gasteiger charge is -2.26. The number of aromatic nitrogens is 3. The summed E-state index contributed by atoms with van der Waals surface area (Å²) in [5.74, 6) is -0.645. The summed E-state index contributed by atoms with van der Waals surface area (Å²) in [4.78, 5) is 35.6. The molecule has 1 fully saturated rings. The number of ether oxygens (including phenoxy) is 1. The molecule has 2 aromatic heterocycles. The van der Waals surface area contributed by atoms with Gasteiger partial charge in [0, 0.05) is 69.8 Å². The molecule has 5 rings (SSSR count). The number of hydrogen-bond donors (Lipinski definition) is 3. The number of benzene rings is 2. The van der Waals surface area contributed by atoms with Crippen LogP contribution >= 0.6 is 0 Å². The van der Waals surface area contributed by atoms with E-state index in [1.165, 1.54) is 16.7 Å². The Morgan fingerprint density at radius 2 is 1.71 bits per heavy atom. The minimum Gasteiger partial charge on any atom is -0.381 e. The third kappa shape index (κ3) is 10.4. The van der Waals surface area contributed by atoms with Crippen molar-refractivity contribution in [1.29, 1.82) is 0 Å². The van der Waals surface area contributed by atoms with Gasteiger partial charge in [-0.05, 0) is 94.6 Å². The van der Waals surface area contributed by atoms with Crippen LogP contribution in [0.2, 0.25) is 0 Å². The molecule has 4 aromatic rings. The molecule has 2 aromatic carbocycles. The van der Waals surface area contributed by atoms with Gasteiger partial charge < -0.3 is 30.5 Å². The first-order valence-corrected chi connectivity index (χ1v) is 18.4. The first kappa shape index (κ1) is 37.9. The number of carbonyl (C=O) groups excluding carboxylic acids is 2. The molecule has 1 aliphatic rings. The lowest BCUT2D eigenvalue weighted by Crippen LogP contribution is -2.32. The lowest BCUT2D eigenvalue weighted by molar-refractivity contribution is -0.129. The van der Waals surface area contributed by atoms with Gasteiger partial charge in [-0.15, -0.1) is 0 Å². The third-order valence-corrected chi connectivity index (χ3v) is 9.70. The first-order chi connectivity index (χ1) is 24.6. The molecule has 51 heavy (non-hydrogen) atoms. The summed E-state index contributed by atoms with van der Waals surface area (Å²) in [6.45, 7) is 12.1. The molecule has 0 saturated carbocycles. The van der Waals surface area contributed by atoms with Crippen molar-refractivity contribution in [3.63, 3.8) is 0 Å². The van der Waals surface area contributed by atoms with E-state index >= 15 is 0 Å². The van der Waals surface area contributed by atoms with Crippen LogP contribution in [0.1, 0.15) is 61.1 Å². The summed E-state index contributed by atoms with van der Waals surface area (Å²) in [5, 5.41) is 15.2. The number of aryl methyl sites for hydroxylation is 3. The van der Waals surface area contributed by atoms with Crippen LogP contribution in [0.25, 0.3) is 22.2 Å². The quantitative estimate of drug-likeness (QED) is 0.133. The van der Waals surface area contributed by atoms with Gasteiger partial charge in [0.25, 0.3) is 0 Å². The van der Waals surface area contributed by atoms with Crippen molar-refractivity contribution in [2.75, 3.05) is 59.3 Å². The van der Waals surface area contributed by atoms with E-state index in [-0.39, 0.29) is 30.8 Å². The summed E-state index contributed by atoms with van der Waals surface area (Å²) >= 11 is 0. The van der Waals surface area contributed by atoms with E-state index in [0.717, 1.165) is 78.0 Å². The molecule has 2 amide bonds. The number of carbonyl (C=O) groups is 2. The van der Waals surface area contributed by atoms with E-state index in [1.807, 2.05) is 16.9 Å². The van der Waals surface area contributed by atoms with E-state index < -0.39 is 0 Å². The Bertz CT molecular complexity index is 1780. The second-order valence-corrected chi connectivity index (χ2v) is 13.9. The largest absolute Gasteiger partial charge is 0.381 e. The topological polar surface area (TPSA) is 117 Å². The zero-order valence-corrected chi connectivity index (χ0v) is 31.3. The standard InChI is InChI=1S/C40H56N8O3/c1-7-36-34(39(44-32-15-20-51-21-16-32)35-27-43-48(8-2)40(35)45-36)26-42-38(50)24-37(49)41-25-30-13-12-28(3)33(23-30)31-11-9-10-29(22-31)14-17-47(6)19-18-46(4)5/h9-13,22-23,27,32H,7-8,14-21,24-26H2,1-6H3,(H,41,49)(H,42,50)(H,44,45). The molecule has 11 nitrogen and oxygen atoms in total. The maximum absolute atomic E-state index is 13.1. The van der Waals surface area contributed by atoms with Crippen molar-refractivity contribution >= 4 is 28.5 Å². The monoisotopic (exact) mass is 696 g/mol. The van der Waals surface area contributed by atoms with Crippen LogP contribution < -0.4 is 16.0 Å². The van der Waals surface area contributed by atoms with Crippen molar-refractivity contribution < 1.29 is 14.3 Å². The number of amides is 2. The first-order valence-electron chi connectivity index (χ1n) is 18.4. The predicted octanol–water partition coefficient (Wildman–Crippen LogP) is 4.94. The number of fused-ring (bicyclic) bond motifs is 1. The Kier molecular flexibility index (Phi) is 13.6. The van der Waals surface area contributed by atoms with E-state index in [4.69, 9.17) is 9.72 Å². The molecule has 1 saturated heterocycles. The van der Waals surface area contributed by atoms with Crippen LogP contribution in [0.15, 0.2) is 48.7 Å². The molecular weight excluding hydrogens is 640 g/mol. The van der Waals surface area contributed by atoms with Gasteiger partial charge in [-0.25, -0.2) is 9.67 Å². The van der Waals surface area contributed by atoms with Crippen molar-refractivity contribution in [2.45, 2.75) is 78.6 Å². The van der Waals surface area contributed by atoms with Crippen LogP contribution in [0.5, 0.6) is 0 Å². The Hall–Kier alpha value is -4.32. The molecule has 0 radical (unpaired) electrons. The number of pyridine rings is 1. The SMILES string of the molecule is CCc1nc2c(cnn2CC)c(NC2CCOCC2)c1CNC(=O)CC(=O)NCc1ccc(C)c(-c2cccc(CCN(C)CCN(C)C)c2)c1. The van der Waals surface area contributed by atoms with Crippen LogP contribution in [-0.2, 0) is 46.8 Å². The smallest absolute Gasteiger partial charge is 0.229 e. The zero-order valence-electron chi connectivity index (χ0n) is 31.3. The predicted molar refractivity (Wildman–Crippen MR) is 205 cm³/mol. The van der Waals surface area contributed by atoms with Gasteiger partial charge in [0.1, 0.15) is 6.42 Å². The van der Waals surface area contributed by atoms with E-state index in [0.29, 0.717) is 32.7 Å². The fraction of sp³-hybridized carbons (Fsp3) is 0.500. The summed E-state index contributed by atoms with van der Waals surface area (Å²) in [6, 6.07) is 15.3.